The molecule has 1 aromatic rings. The first kappa shape index (κ1) is 14.4. The van der Waals surface area contributed by atoms with Gasteiger partial charge in [0.15, 0.2) is 0 Å². The maximum atomic E-state index is 13.0. The van der Waals surface area contributed by atoms with Crippen LogP contribution >= 0.6 is 27.3 Å². The molecule has 1 heterocycles. The molecule has 1 saturated carbocycles. The third kappa shape index (κ3) is 3.50. The van der Waals surface area contributed by atoms with Gasteiger partial charge in [0.1, 0.15) is 0 Å². The quantitative estimate of drug-likeness (QED) is 0.644. The molecular weight excluding hydrogens is 325 g/mol. The summed E-state index contributed by atoms with van der Waals surface area (Å²) in [5.74, 6) is -1.41. The van der Waals surface area contributed by atoms with E-state index in [0.29, 0.717) is 25.7 Å². The Hall–Kier alpha value is -0.0300. The third-order valence-corrected chi connectivity index (χ3v) is 5.58. The van der Waals surface area contributed by atoms with Crippen molar-refractivity contribution in [1.29, 1.82) is 0 Å². The van der Waals surface area contributed by atoms with Crippen molar-refractivity contribution in [2.24, 2.45) is 11.8 Å². The fourth-order valence-corrected chi connectivity index (χ4v) is 4.73. The Morgan fingerprint density at radius 3 is 2.67 bits per heavy atom. The molecule has 2 rings (SSSR count). The van der Waals surface area contributed by atoms with Gasteiger partial charge in [-0.15, -0.1) is 11.3 Å². The number of rotatable bonds is 3. The second kappa shape index (κ2) is 5.95. The predicted molar refractivity (Wildman–Crippen MR) is 72.2 cm³/mol. The Labute approximate surface area is 118 Å². The van der Waals surface area contributed by atoms with Crippen molar-refractivity contribution in [1.82, 2.24) is 0 Å². The lowest BCUT2D eigenvalue weighted by atomic mass is 9.76. The van der Waals surface area contributed by atoms with Gasteiger partial charge in [0.2, 0.25) is 0 Å². The minimum absolute atomic E-state index is 0.0666. The van der Waals surface area contributed by atoms with Crippen molar-refractivity contribution in [2.45, 2.75) is 43.1 Å². The SMILES string of the molecule is FC(F)(F)C1CCCCC1C(Br)Cc1cccs1. The van der Waals surface area contributed by atoms with Crippen LogP contribution in [0.1, 0.15) is 30.6 Å². The van der Waals surface area contributed by atoms with Crippen molar-refractivity contribution in [2.75, 3.05) is 0 Å². The Morgan fingerprint density at radius 1 is 1.33 bits per heavy atom. The van der Waals surface area contributed by atoms with Crippen molar-refractivity contribution in [3.63, 3.8) is 0 Å². The van der Waals surface area contributed by atoms with Gasteiger partial charge < -0.3 is 0 Å². The van der Waals surface area contributed by atoms with Gasteiger partial charge >= 0.3 is 6.18 Å². The van der Waals surface area contributed by atoms with Gasteiger partial charge in [0.25, 0.3) is 0 Å². The van der Waals surface area contributed by atoms with Gasteiger partial charge in [-0.25, -0.2) is 0 Å². The first-order chi connectivity index (χ1) is 8.48. The van der Waals surface area contributed by atoms with Crippen LogP contribution in [0.5, 0.6) is 0 Å². The van der Waals surface area contributed by atoms with Crippen molar-refractivity contribution in [3.8, 4) is 0 Å². The fraction of sp³-hybridized carbons (Fsp3) is 0.692. The van der Waals surface area contributed by atoms with Crippen LogP contribution < -0.4 is 0 Å². The number of alkyl halides is 4. The average molecular weight is 341 g/mol. The van der Waals surface area contributed by atoms with Gasteiger partial charge in [-0.05, 0) is 36.6 Å². The number of halogens is 4. The zero-order valence-electron chi connectivity index (χ0n) is 9.92. The highest BCUT2D eigenvalue weighted by Crippen LogP contribution is 2.45. The second-order valence-electron chi connectivity index (χ2n) is 4.90. The molecule has 102 valence electrons. The fourth-order valence-electron chi connectivity index (χ4n) is 2.77. The summed E-state index contributed by atoms with van der Waals surface area (Å²) < 4.78 is 39.0. The van der Waals surface area contributed by atoms with Crippen LogP contribution in [-0.2, 0) is 6.42 Å². The standard InChI is InChI=1S/C13H16BrF3S/c14-12(8-9-4-3-7-18-9)10-5-1-2-6-11(10)13(15,16)17/h3-4,7,10-12H,1-2,5-6,8H2. The second-order valence-corrected chi connectivity index (χ2v) is 7.10. The van der Waals surface area contributed by atoms with Gasteiger partial charge in [-0.3, -0.25) is 0 Å². The molecular formula is C13H16BrF3S. The highest BCUT2D eigenvalue weighted by atomic mass is 79.9. The minimum Gasteiger partial charge on any atom is -0.171 e. The lowest BCUT2D eigenvalue weighted by molar-refractivity contribution is -0.195. The summed E-state index contributed by atoms with van der Waals surface area (Å²) in [5.41, 5.74) is 0. The minimum atomic E-state index is -4.05. The molecule has 0 spiro atoms. The zero-order chi connectivity index (χ0) is 13.2. The van der Waals surface area contributed by atoms with E-state index in [1.807, 2.05) is 17.5 Å². The molecule has 0 amide bonds. The van der Waals surface area contributed by atoms with Crippen LogP contribution in [-0.4, -0.2) is 11.0 Å². The van der Waals surface area contributed by atoms with E-state index in [1.165, 1.54) is 0 Å². The molecule has 3 unspecified atom stereocenters. The maximum absolute atomic E-state index is 13.0. The van der Waals surface area contributed by atoms with E-state index >= 15 is 0 Å². The summed E-state index contributed by atoms with van der Waals surface area (Å²) in [6.07, 6.45) is -0.739. The van der Waals surface area contributed by atoms with Crippen LogP contribution in [0.4, 0.5) is 13.2 Å². The molecule has 0 nitrogen and oxygen atoms in total. The molecule has 3 atom stereocenters. The van der Waals surface area contributed by atoms with Crippen molar-refractivity contribution >= 4 is 27.3 Å². The largest absolute Gasteiger partial charge is 0.392 e. The summed E-state index contributed by atoms with van der Waals surface area (Å²) in [7, 11) is 0. The molecule has 1 aromatic heterocycles. The summed E-state index contributed by atoms with van der Waals surface area (Å²) in [5, 5.41) is 1.97. The maximum Gasteiger partial charge on any atom is 0.392 e. The molecule has 0 aromatic carbocycles. The van der Waals surface area contributed by atoms with E-state index in [-0.39, 0.29) is 10.7 Å². The molecule has 0 N–H and O–H groups in total. The monoisotopic (exact) mass is 340 g/mol. The molecule has 1 aliphatic carbocycles. The summed E-state index contributed by atoms with van der Waals surface area (Å²) >= 11 is 5.11. The van der Waals surface area contributed by atoms with E-state index in [2.05, 4.69) is 15.9 Å². The Kier molecular flexibility index (Phi) is 4.75. The smallest absolute Gasteiger partial charge is 0.171 e. The van der Waals surface area contributed by atoms with Gasteiger partial charge in [-0.1, -0.05) is 34.8 Å². The van der Waals surface area contributed by atoms with Gasteiger partial charge in [0.05, 0.1) is 5.92 Å². The molecule has 5 heteroatoms. The van der Waals surface area contributed by atoms with E-state index in [0.717, 1.165) is 11.3 Å². The van der Waals surface area contributed by atoms with E-state index in [4.69, 9.17) is 0 Å². The highest BCUT2D eigenvalue weighted by molar-refractivity contribution is 9.09. The molecule has 1 fully saturated rings. The Bertz CT molecular complexity index is 361. The van der Waals surface area contributed by atoms with E-state index < -0.39 is 12.1 Å². The Morgan fingerprint density at radius 2 is 2.06 bits per heavy atom. The van der Waals surface area contributed by atoms with E-state index in [1.54, 1.807) is 11.3 Å². The molecule has 0 saturated heterocycles. The summed E-state index contributed by atoms with van der Waals surface area (Å²) in [4.78, 5) is 1.09. The molecule has 18 heavy (non-hydrogen) atoms. The number of hydrogen-bond acceptors (Lipinski definition) is 1. The van der Waals surface area contributed by atoms with Crippen LogP contribution in [0, 0.1) is 11.8 Å². The first-order valence-corrected chi connectivity index (χ1v) is 8.01. The first-order valence-electron chi connectivity index (χ1n) is 6.21. The van der Waals surface area contributed by atoms with Crippen LogP contribution in [0.3, 0.4) is 0 Å². The lowest BCUT2D eigenvalue weighted by Crippen LogP contribution is -2.37. The van der Waals surface area contributed by atoms with Crippen LogP contribution in [0.25, 0.3) is 0 Å². The predicted octanol–water partition coefficient (Wildman–Crippen LogP) is 5.42. The van der Waals surface area contributed by atoms with Gasteiger partial charge in [0, 0.05) is 9.70 Å². The molecule has 0 aliphatic heterocycles. The number of hydrogen-bond donors (Lipinski definition) is 0. The lowest BCUT2D eigenvalue weighted by Gasteiger charge is -2.35. The molecule has 0 bridgehead atoms. The molecule has 1 aliphatic rings. The van der Waals surface area contributed by atoms with Crippen LogP contribution in [0.15, 0.2) is 17.5 Å². The summed E-state index contributed by atoms with van der Waals surface area (Å²) in [6, 6.07) is 3.94. The zero-order valence-corrected chi connectivity index (χ0v) is 12.3. The third-order valence-electron chi connectivity index (χ3n) is 3.68. The van der Waals surface area contributed by atoms with Crippen molar-refractivity contribution < 1.29 is 13.2 Å². The number of thiophene rings is 1. The summed E-state index contributed by atoms with van der Waals surface area (Å²) in [6.45, 7) is 0. The van der Waals surface area contributed by atoms with Crippen molar-refractivity contribution in [3.05, 3.63) is 22.4 Å². The van der Waals surface area contributed by atoms with Crippen LogP contribution in [0.2, 0.25) is 0 Å². The highest BCUT2D eigenvalue weighted by Gasteiger charge is 2.47. The van der Waals surface area contributed by atoms with Gasteiger partial charge in [-0.2, -0.15) is 13.2 Å². The topological polar surface area (TPSA) is 0 Å². The van der Waals surface area contributed by atoms with E-state index in [9.17, 15) is 13.2 Å². The average Bonchev–Trinajstić information content (AvgIpc) is 2.80. The normalized spacial score (nSPS) is 27.1. The molecule has 0 radical (unpaired) electrons. The Balaban J connectivity index is 2.04.